The molecule has 0 bridgehead atoms. The van der Waals surface area contributed by atoms with Gasteiger partial charge in [-0.05, 0) is 89.9 Å². The molecule has 11 heteroatoms. The minimum absolute atomic E-state index is 0.184. The molecule has 1 aliphatic rings. The van der Waals surface area contributed by atoms with Crippen molar-refractivity contribution in [2.45, 2.75) is 26.9 Å². The predicted molar refractivity (Wildman–Crippen MR) is 138 cm³/mol. The molecule has 0 aromatic heterocycles. The summed E-state index contributed by atoms with van der Waals surface area (Å²) < 4.78 is 11.1. The first-order valence-corrected chi connectivity index (χ1v) is 12.5. The second-order valence-electron chi connectivity index (χ2n) is 7.80. The highest BCUT2D eigenvalue weighted by molar-refractivity contribution is 9.10. The fourth-order valence-electron chi connectivity index (χ4n) is 2.95. The Kier molecular flexibility index (Phi) is 8.98. The molecule has 0 aliphatic carbocycles. The molecule has 0 saturated carbocycles. The van der Waals surface area contributed by atoms with Crippen LogP contribution in [0, 0.1) is 6.92 Å². The van der Waals surface area contributed by atoms with Gasteiger partial charge >= 0.3 is 5.97 Å². The molecule has 2 aromatic rings. The smallest absolute Gasteiger partial charge is 0.326 e. The molecule has 1 N–H and O–H groups in total. The van der Waals surface area contributed by atoms with Gasteiger partial charge in [0.2, 0.25) is 0 Å². The number of benzene rings is 2. The largest absolute Gasteiger partial charge is 0.483 e. The van der Waals surface area contributed by atoms with Gasteiger partial charge in [0, 0.05) is 10.7 Å². The minimum atomic E-state index is -0.651. The number of halogens is 2. The topological polar surface area (TPSA) is 102 Å². The van der Waals surface area contributed by atoms with Gasteiger partial charge in [-0.15, -0.1) is 0 Å². The van der Waals surface area contributed by atoms with Crippen LogP contribution < -0.4 is 10.1 Å². The standard InChI is InChI=1S/C24H22BrClN2O6S/c1-13(2)34-22(30)11-28-23(31)20(35-24(28)32)9-15-5-7-19(17(25)8-15)33-12-21(29)27-16-6-4-14(3)18(26)10-16/h4-10,13H,11-12H2,1-3H3,(H,27,29)/b20-9-. The minimum Gasteiger partial charge on any atom is -0.483 e. The van der Waals surface area contributed by atoms with Gasteiger partial charge < -0.3 is 14.8 Å². The van der Waals surface area contributed by atoms with Crippen molar-refractivity contribution in [1.82, 2.24) is 4.90 Å². The van der Waals surface area contributed by atoms with Crippen LogP contribution in [0.2, 0.25) is 5.02 Å². The molecule has 8 nitrogen and oxygen atoms in total. The van der Waals surface area contributed by atoms with E-state index in [2.05, 4.69) is 21.2 Å². The molecule has 1 aliphatic heterocycles. The molecule has 1 fully saturated rings. The van der Waals surface area contributed by atoms with Gasteiger partial charge in [-0.3, -0.25) is 24.1 Å². The number of nitrogens with one attached hydrogen (secondary N) is 1. The molecular formula is C24H22BrClN2O6S. The number of thioether (sulfide) groups is 1. The van der Waals surface area contributed by atoms with Crippen molar-refractivity contribution in [1.29, 1.82) is 0 Å². The summed E-state index contributed by atoms with van der Waals surface area (Å²) >= 11 is 10.2. The van der Waals surface area contributed by atoms with Crippen molar-refractivity contribution in [2.75, 3.05) is 18.5 Å². The van der Waals surface area contributed by atoms with E-state index in [1.165, 1.54) is 0 Å². The third-order valence-corrected chi connectivity index (χ3v) is 6.53. The number of ether oxygens (including phenoxy) is 2. The lowest BCUT2D eigenvalue weighted by atomic mass is 10.2. The van der Waals surface area contributed by atoms with Crippen LogP contribution in [0.4, 0.5) is 10.5 Å². The first-order valence-electron chi connectivity index (χ1n) is 10.5. The molecular weight excluding hydrogens is 560 g/mol. The SMILES string of the molecule is Cc1ccc(NC(=O)COc2ccc(/C=C3\SC(=O)N(CC(=O)OC(C)C)C3=O)cc2Br)cc1Cl. The maximum Gasteiger partial charge on any atom is 0.326 e. The zero-order valence-electron chi connectivity index (χ0n) is 19.1. The highest BCUT2D eigenvalue weighted by Gasteiger charge is 2.36. The monoisotopic (exact) mass is 580 g/mol. The lowest BCUT2D eigenvalue weighted by Gasteiger charge is -2.13. The lowest BCUT2D eigenvalue weighted by Crippen LogP contribution is -2.35. The fraction of sp³-hybridized carbons (Fsp3) is 0.250. The Balaban J connectivity index is 1.61. The van der Waals surface area contributed by atoms with Crippen molar-refractivity contribution >= 4 is 74.1 Å². The summed E-state index contributed by atoms with van der Waals surface area (Å²) in [6, 6.07) is 10.2. The van der Waals surface area contributed by atoms with Gasteiger partial charge in [-0.1, -0.05) is 23.7 Å². The third kappa shape index (κ3) is 7.33. The summed E-state index contributed by atoms with van der Waals surface area (Å²) in [6.07, 6.45) is 1.20. The number of esters is 1. The summed E-state index contributed by atoms with van der Waals surface area (Å²) in [4.78, 5) is 49.9. The maximum atomic E-state index is 12.6. The molecule has 1 saturated heterocycles. The van der Waals surface area contributed by atoms with E-state index in [0.717, 1.165) is 22.2 Å². The van der Waals surface area contributed by atoms with E-state index < -0.39 is 23.7 Å². The van der Waals surface area contributed by atoms with Crippen molar-refractivity contribution in [2.24, 2.45) is 0 Å². The summed E-state index contributed by atoms with van der Waals surface area (Å²) in [5.74, 6) is -1.15. The van der Waals surface area contributed by atoms with Crippen LogP contribution in [0.1, 0.15) is 25.0 Å². The number of carbonyl (C=O) groups is 4. The average Bonchev–Trinajstić information content (AvgIpc) is 3.02. The zero-order chi connectivity index (χ0) is 25.7. The van der Waals surface area contributed by atoms with Gasteiger partial charge in [0.15, 0.2) is 6.61 Å². The predicted octanol–water partition coefficient (Wildman–Crippen LogP) is 5.42. The Bertz CT molecular complexity index is 1220. The highest BCUT2D eigenvalue weighted by Crippen LogP contribution is 2.34. The highest BCUT2D eigenvalue weighted by atomic mass is 79.9. The molecule has 1 heterocycles. The Hall–Kier alpha value is -2.82. The fourth-order valence-corrected chi connectivity index (χ4v) is 4.48. The molecule has 184 valence electrons. The Labute approximate surface area is 220 Å². The Morgan fingerprint density at radius 2 is 1.94 bits per heavy atom. The summed E-state index contributed by atoms with van der Waals surface area (Å²) in [7, 11) is 0. The van der Waals surface area contributed by atoms with Crippen molar-refractivity contribution < 1.29 is 28.7 Å². The number of hydrogen-bond acceptors (Lipinski definition) is 7. The number of aryl methyl sites for hydroxylation is 1. The quantitative estimate of drug-likeness (QED) is 0.328. The van der Waals surface area contributed by atoms with Crippen LogP contribution in [0.15, 0.2) is 45.8 Å². The van der Waals surface area contributed by atoms with E-state index in [9.17, 15) is 19.2 Å². The number of amides is 3. The van der Waals surface area contributed by atoms with Gasteiger partial charge in [-0.25, -0.2) is 0 Å². The lowest BCUT2D eigenvalue weighted by molar-refractivity contribution is -0.149. The van der Waals surface area contributed by atoms with Crippen molar-refractivity contribution in [3.05, 3.63) is 61.9 Å². The number of rotatable bonds is 8. The number of carbonyl (C=O) groups excluding carboxylic acids is 4. The number of anilines is 1. The first-order chi connectivity index (χ1) is 16.5. The van der Waals surface area contributed by atoms with Gasteiger partial charge in [0.05, 0.1) is 15.5 Å². The zero-order valence-corrected chi connectivity index (χ0v) is 22.3. The summed E-state index contributed by atoms with van der Waals surface area (Å²) in [5.41, 5.74) is 2.09. The van der Waals surface area contributed by atoms with Crippen LogP contribution >= 0.6 is 39.3 Å². The van der Waals surface area contributed by atoms with E-state index in [4.69, 9.17) is 21.1 Å². The number of nitrogens with zero attached hydrogens (tertiary/aromatic N) is 1. The third-order valence-electron chi connectivity index (χ3n) is 4.60. The van der Waals surface area contributed by atoms with Crippen LogP contribution in [0.5, 0.6) is 5.75 Å². The van der Waals surface area contributed by atoms with E-state index in [-0.39, 0.29) is 23.5 Å². The maximum absolute atomic E-state index is 12.6. The molecule has 35 heavy (non-hydrogen) atoms. The van der Waals surface area contributed by atoms with Crippen LogP contribution in [0.25, 0.3) is 6.08 Å². The van der Waals surface area contributed by atoms with Crippen LogP contribution in [-0.2, 0) is 19.1 Å². The van der Waals surface area contributed by atoms with Crippen molar-refractivity contribution in [3.8, 4) is 5.75 Å². The van der Waals surface area contributed by atoms with Gasteiger partial charge in [0.1, 0.15) is 12.3 Å². The Morgan fingerprint density at radius 1 is 1.20 bits per heavy atom. The van der Waals surface area contributed by atoms with E-state index in [0.29, 0.717) is 26.5 Å². The molecule has 0 atom stereocenters. The van der Waals surface area contributed by atoms with Crippen LogP contribution in [0.3, 0.4) is 0 Å². The van der Waals surface area contributed by atoms with Gasteiger partial charge in [-0.2, -0.15) is 0 Å². The molecule has 2 aromatic carbocycles. The molecule has 3 amide bonds. The molecule has 0 radical (unpaired) electrons. The van der Waals surface area contributed by atoms with Crippen molar-refractivity contribution in [3.63, 3.8) is 0 Å². The van der Waals surface area contributed by atoms with Gasteiger partial charge in [0.25, 0.3) is 17.1 Å². The normalized spacial score (nSPS) is 14.6. The second-order valence-corrected chi connectivity index (χ2v) is 10.1. The van der Waals surface area contributed by atoms with E-state index >= 15 is 0 Å². The first kappa shape index (κ1) is 26.8. The van der Waals surface area contributed by atoms with E-state index in [1.807, 2.05) is 6.92 Å². The second kappa shape index (κ2) is 11.7. The average molecular weight is 582 g/mol. The number of imide groups is 1. The molecule has 0 spiro atoms. The number of hydrogen-bond donors (Lipinski definition) is 1. The van der Waals surface area contributed by atoms with Crippen LogP contribution in [-0.4, -0.2) is 47.2 Å². The molecule has 0 unspecified atom stereocenters. The van der Waals surface area contributed by atoms with E-state index in [1.54, 1.807) is 56.3 Å². The summed E-state index contributed by atoms with van der Waals surface area (Å²) in [6.45, 7) is 4.57. The Morgan fingerprint density at radius 3 is 2.60 bits per heavy atom. The summed E-state index contributed by atoms with van der Waals surface area (Å²) in [5, 5.41) is 2.72. The molecule has 3 rings (SSSR count).